The van der Waals surface area contributed by atoms with Gasteiger partial charge in [-0.25, -0.2) is 0 Å². The number of hydrogen-bond donors (Lipinski definition) is 2. The molecule has 1 aliphatic heterocycles. The van der Waals surface area contributed by atoms with Gasteiger partial charge in [-0.05, 0) is 49.8 Å². The zero-order chi connectivity index (χ0) is 17.2. The fourth-order valence-electron chi connectivity index (χ4n) is 2.90. The third-order valence-corrected chi connectivity index (χ3v) is 4.41. The third-order valence-electron chi connectivity index (χ3n) is 4.41. The standard InChI is InChI=1S/C20H28N2O2/c1-3-16(2)22-20(23)19(15-18-7-5-4-6-8-18)21-12-9-17-10-13-24-14-11-17/h3-8,17,19,21H,1-2,9-15H2,(H,22,23). The summed E-state index contributed by atoms with van der Waals surface area (Å²) in [6, 6.07) is 9.79. The van der Waals surface area contributed by atoms with Crippen LogP contribution in [0.5, 0.6) is 0 Å². The summed E-state index contributed by atoms with van der Waals surface area (Å²) >= 11 is 0. The van der Waals surface area contributed by atoms with E-state index in [0.717, 1.165) is 44.6 Å². The molecule has 24 heavy (non-hydrogen) atoms. The average molecular weight is 328 g/mol. The molecule has 1 aromatic rings. The Labute approximate surface area is 145 Å². The molecule has 1 aromatic carbocycles. The van der Waals surface area contributed by atoms with Crippen LogP contribution >= 0.6 is 0 Å². The van der Waals surface area contributed by atoms with Gasteiger partial charge < -0.3 is 15.4 Å². The van der Waals surface area contributed by atoms with Crippen molar-refractivity contribution in [2.24, 2.45) is 5.92 Å². The number of nitrogens with one attached hydrogen (secondary N) is 2. The van der Waals surface area contributed by atoms with Gasteiger partial charge >= 0.3 is 0 Å². The molecule has 1 saturated heterocycles. The van der Waals surface area contributed by atoms with Crippen LogP contribution in [-0.2, 0) is 16.0 Å². The van der Waals surface area contributed by atoms with Crippen LogP contribution in [0.3, 0.4) is 0 Å². The summed E-state index contributed by atoms with van der Waals surface area (Å²) in [4.78, 5) is 12.5. The highest BCUT2D eigenvalue weighted by molar-refractivity contribution is 5.84. The van der Waals surface area contributed by atoms with Crippen LogP contribution in [0.1, 0.15) is 24.8 Å². The fraction of sp³-hybridized carbons (Fsp3) is 0.450. The first kappa shape index (κ1) is 18.4. The molecule has 4 heteroatoms. The summed E-state index contributed by atoms with van der Waals surface area (Å²) in [6.45, 7) is 9.95. The summed E-state index contributed by atoms with van der Waals surface area (Å²) in [6.07, 6.45) is 5.52. The molecule has 1 heterocycles. The zero-order valence-corrected chi connectivity index (χ0v) is 14.3. The van der Waals surface area contributed by atoms with Gasteiger partial charge in [0.15, 0.2) is 0 Å². The molecule has 130 valence electrons. The van der Waals surface area contributed by atoms with Crippen molar-refractivity contribution in [3.05, 3.63) is 60.8 Å². The first-order chi connectivity index (χ1) is 11.7. The first-order valence-corrected chi connectivity index (χ1v) is 8.66. The van der Waals surface area contributed by atoms with Gasteiger partial charge in [-0.2, -0.15) is 0 Å². The van der Waals surface area contributed by atoms with E-state index in [4.69, 9.17) is 4.74 Å². The minimum Gasteiger partial charge on any atom is -0.381 e. The number of benzene rings is 1. The lowest BCUT2D eigenvalue weighted by Gasteiger charge is -2.24. The molecule has 0 spiro atoms. The summed E-state index contributed by atoms with van der Waals surface area (Å²) in [5, 5.41) is 6.22. The van der Waals surface area contributed by atoms with Crippen molar-refractivity contribution < 1.29 is 9.53 Å². The van der Waals surface area contributed by atoms with E-state index < -0.39 is 0 Å². The zero-order valence-electron chi connectivity index (χ0n) is 14.3. The maximum Gasteiger partial charge on any atom is 0.241 e. The van der Waals surface area contributed by atoms with E-state index in [-0.39, 0.29) is 11.9 Å². The summed E-state index contributed by atoms with van der Waals surface area (Å²) in [7, 11) is 0. The van der Waals surface area contributed by atoms with Crippen LogP contribution in [0.25, 0.3) is 0 Å². The van der Waals surface area contributed by atoms with Gasteiger partial charge in [0.25, 0.3) is 0 Å². The predicted molar refractivity (Wildman–Crippen MR) is 97.6 cm³/mol. The fourth-order valence-corrected chi connectivity index (χ4v) is 2.90. The normalized spacial score (nSPS) is 16.3. The van der Waals surface area contributed by atoms with Crippen molar-refractivity contribution in [1.29, 1.82) is 0 Å². The average Bonchev–Trinajstić information content (AvgIpc) is 2.62. The Bertz CT molecular complexity index is 536. The summed E-state index contributed by atoms with van der Waals surface area (Å²) in [5.74, 6) is 0.630. The Kier molecular flexibility index (Phi) is 7.72. The minimum atomic E-state index is -0.274. The number of carbonyl (C=O) groups excluding carboxylic acids is 1. The molecule has 0 bridgehead atoms. The Hall–Kier alpha value is -1.91. The number of ether oxygens (including phenoxy) is 1. The molecule has 0 radical (unpaired) electrons. The maximum absolute atomic E-state index is 12.5. The number of hydrogen-bond acceptors (Lipinski definition) is 3. The number of allylic oxidation sites excluding steroid dienone is 1. The molecule has 2 rings (SSSR count). The van der Waals surface area contributed by atoms with Gasteiger partial charge in [0, 0.05) is 18.9 Å². The van der Waals surface area contributed by atoms with E-state index in [1.807, 2.05) is 30.3 Å². The smallest absolute Gasteiger partial charge is 0.241 e. The lowest BCUT2D eigenvalue weighted by atomic mass is 9.96. The highest BCUT2D eigenvalue weighted by Crippen LogP contribution is 2.17. The van der Waals surface area contributed by atoms with Gasteiger partial charge in [-0.1, -0.05) is 43.5 Å². The van der Waals surface area contributed by atoms with Crippen molar-refractivity contribution in [2.45, 2.75) is 31.7 Å². The van der Waals surface area contributed by atoms with Crippen LogP contribution in [0, 0.1) is 5.92 Å². The van der Waals surface area contributed by atoms with Crippen LogP contribution < -0.4 is 10.6 Å². The van der Waals surface area contributed by atoms with E-state index >= 15 is 0 Å². The monoisotopic (exact) mass is 328 g/mol. The molecule has 4 nitrogen and oxygen atoms in total. The van der Waals surface area contributed by atoms with Crippen LogP contribution in [0.15, 0.2) is 55.3 Å². The molecule has 0 aliphatic carbocycles. The van der Waals surface area contributed by atoms with Gasteiger partial charge in [0.1, 0.15) is 0 Å². The lowest BCUT2D eigenvalue weighted by molar-refractivity contribution is -0.122. The third kappa shape index (κ3) is 6.30. The lowest BCUT2D eigenvalue weighted by Crippen LogP contribution is -2.45. The van der Waals surface area contributed by atoms with E-state index in [1.54, 1.807) is 6.08 Å². The van der Waals surface area contributed by atoms with Crippen molar-refractivity contribution in [2.75, 3.05) is 19.8 Å². The second-order valence-electron chi connectivity index (χ2n) is 6.26. The first-order valence-electron chi connectivity index (χ1n) is 8.66. The second-order valence-corrected chi connectivity index (χ2v) is 6.26. The Morgan fingerprint density at radius 1 is 1.29 bits per heavy atom. The van der Waals surface area contributed by atoms with E-state index in [9.17, 15) is 4.79 Å². The number of rotatable bonds is 9. The topological polar surface area (TPSA) is 50.4 Å². The molecule has 1 atom stereocenters. The van der Waals surface area contributed by atoms with Crippen LogP contribution in [0.2, 0.25) is 0 Å². The molecule has 0 aromatic heterocycles. The van der Waals surface area contributed by atoms with Gasteiger partial charge in [-0.3, -0.25) is 4.79 Å². The predicted octanol–water partition coefficient (Wildman–Crippen LogP) is 2.82. The summed E-state index contributed by atoms with van der Waals surface area (Å²) in [5.41, 5.74) is 1.67. The summed E-state index contributed by atoms with van der Waals surface area (Å²) < 4.78 is 5.40. The number of amides is 1. The highest BCUT2D eigenvalue weighted by atomic mass is 16.5. The Balaban J connectivity index is 1.89. The van der Waals surface area contributed by atoms with Crippen LogP contribution in [-0.4, -0.2) is 31.7 Å². The molecule has 1 unspecified atom stereocenters. The van der Waals surface area contributed by atoms with Crippen LogP contribution in [0.4, 0.5) is 0 Å². The van der Waals surface area contributed by atoms with E-state index in [1.165, 1.54) is 0 Å². The maximum atomic E-state index is 12.5. The quantitative estimate of drug-likeness (QED) is 0.685. The van der Waals surface area contributed by atoms with Crippen molar-refractivity contribution in [3.8, 4) is 0 Å². The van der Waals surface area contributed by atoms with E-state index in [2.05, 4.69) is 23.8 Å². The molecular weight excluding hydrogens is 300 g/mol. The van der Waals surface area contributed by atoms with Gasteiger partial charge in [0.2, 0.25) is 5.91 Å². The molecular formula is C20H28N2O2. The van der Waals surface area contributed by atoms with Crippen molar-refractivity contribution in [1.82, 2.24) is 10.6 Å². The van der Waals surface area contributed by atoms with E-state index in [0.29, 0.717) is 18.0 Å². The Morgan fingerprint density at radius 3 is 2.67 bits per heavy atom. The Morgan fingerprint density at radius 2 is 2.00 bits per heavy atom. The van der Waals surface area contributed by atoms with Gasteiger partial charge in [-0.15, -0.1) is 0 Å². The number of carbonyl (C=O) groups is 1. The SMILES string of the molecule is C=CC(=C)NC(=O)C(Cc1ccccc1)NCCC1CCOCC1. The highest BCUT2D eigenvalue weighted by Gasteiger charge is 2.20. The molecule has 1 aliphatic rings. The van der Waals surface area contributed by atoms with Crippen molar-refractivity contribution in [3.63, 3.8) is 0 Å². The van der Waals surface area contributed by atoms with Gasteiger partial charge in [0.05, 0.1) is 6.04 Å². The molecule has 1 fully saturated rings. The second kappa shape index (κ2) is 10.1. The molecule has 0 saturated carbocycles. The molecule has 1 amide bonds. The largest absolute Gasteiger partial charge is 0.381 e. The molecule has 2 N–H and O–H groups in total. The minimum absolute atomic E-state index is 0.0595. The van der Waals surface area contributed by atoms with Crippen molar-refractivity contribution >= 4 is 5.91 Å².